The van der Waals surface area contributed by atoms with Gasteiger partial charge >= 0.3 is 0 Å². The van der Waals surface area contributed by atoms with Crippen LogP contribution in [-0.2, 0) is 6.42 Å². The quantitative estimate of drug-likeness (QED) is 0.342. The molecule has 0 aliphatic rings. The summed E-state index contributed by atoms with van der Waals surface area (Å²) in [6.45, 7) is 27.9. The van der Waals surface area contributed by atoms with Crippen molar-refractivity contribution < 1.29 is 0 Å². The van der Waals surface area contributed by atoms with Gasteiger partial charge in [-0.3, -0.25) is 0 Å². The van der Waals surface area contributed by atoms with Crippen LogP contribution in [0, 0.1) is 47.5 Å². The summed E-state index contributed by atoms with van der Waals surface area (Å²) in [7, 11) is 0. The Balaban J connectivity index is 0.000000524. The Kier molecular flexibility index (Phi) is 15.6. The second-order valence-electron chi connectivity index (χ2n) is 9.87. The van der Waals surface area contributed by atoms with Gasteiger partial charge in [-0.05, 0) is 100 Å². The van der Waals surface area contributed by atoms with Gasteiger partial charge in [-0.2, -0.15) is 0 Å². The zero-order chi connectivity index (χ0) is 26.3. The van der Waals surface area contributed by atoms with E-state index in [0.29, 0.717) is 5.92 Å². The fourth-order valence-corrected chi connectivity index (χ4v) is 4.06. The van der Waals surface area contributed by atoms with E-state index in [1.54, 1.807) is 17.2 Å². The molecule has 186 valence electrons. The normalized spacial score (nSPS) is 9.79. The first-order chi connectivity index (χ1) is 16.0. The SMILES string of the molecule is C=CC.Cc1c(C)c(C)c(C(C)C)c(CC(C)C)c1C.Cc1cccc(C)c1.c1ccccc1. The molecule has 0 nitrogen and oxygen atoms in total. The highest BCUT2D eigenvalue weighted by atomic mass is 14.2. The molecule has 0 aliphatic heterocycles. The van der Waals surface area contributed by atoms with Crippen LogP contribution >= 0.6 is 0 Å². The van der Waals surface area contributed by atoms with Crippen LogP contribution in [0.15, 0.2) is 73.3 Å². The fourth-order valence-electron chi connectivity index (χ4n) is 4.06. The van der Waals surface area contributed by atoms with Crippen molar-refractivity contribution in [2.24, 2.45) is 5.92 Å². The topological polar surface area (TPSA) is 0 Å². The molecule has 0 amide bonds. The highest BCUT2D eigenvalue weighted by Crippen LogP contribution is 2.33. The van der Waals surface area contributed by atoms with Crippen molar-refractivity contribution in [2.45, 2.75) is 88.5 Å². The Morgan fingerprint density at radius 3 is 1.32 bits per heavy atom. The van der Waals surface area contributed by atoms with Gasteiger partial charge in [0, 0.05) is 0 Å². The Hall–Kier alpha value is -2.60. The van der Waals surface area contributed by atoms with Crippen molar-refractivity contribution in [3.05, 3.63) is 118 Å². The van der Waals surface area contributed by atoms with E-state index in [-0.39, 0.29) is 0 Å². The van der Waals surface area contributed by atoms with Crippen molar-refractivity contribution >= 4 is 0 Å². The lowest BCUT2D eigenvalue weighted by atomic mass is 9.81. The molecule has 0 radical (unpaired) electrons. The lowest BCUT2D eigenvalue weighted by Gasteiger charge is -2.24. The Morgan fingerprint density at radius 1 is 0.647 bits per heavy atom. The number of benzene rings is 3. The third-order valence-corrected chi connectivity index (χ3v) is 5.90. The van der Waals surface area contributed by atoms with E-state index in [2.05, 4.69) is 100 Å². The lowest BCUT2D eigenvalue weighted by Crippen LogP contribution is -2.09. The number of aryl methyl sites for hydroxylation is 2. The average molecular weight is 459 g/mol. The minimum absolute atomic E-state index is 0.627. The highest BCUT2D eigenvalue weighted by Gasteiger charge is 2.17. The van der Waals surface area contributed by atoms with Crippen LogP contribution in [0.5, 0.6) is 0 Å². The molecule has 0 N–H and O–H groups in total. The Labute approximate surface area is 212 Å². The van der Waals surface area contributed by atoms with E-state index >= 15 is 0 Å². The number of hydrogen-bond acceptors (Lipinski definition) is 0. The Bertz CT molecular complexity index is 915. The monoisotopic (exact) mass is 458 g/mol. The van der Waals surface area contributed by atoms with Crippen LogP contribution in [0.1, 0.15) is 85.0 Å². The van der Waals surface area contributed by atoms with Gasteiger partial charge in [0.05, 0.1) is 0 Å². The summed E-state index contributed by atoms with van der Waals surface area (Å²) in [5.74, 6) is 1.36. The van der Waals surface area contributed by atoms with Gasteiger partial charge in [0.25, 0.3) is 0 Å². The molecule has 0 unspecified atom stereocenters. The van der Waals surface area contributed by atoms with E-state index < -0.39 is 0 Å². The standard InChI is InChI=1S/C17H28.C8H10.C6H6.C3H6/c1-10(2)9-16-14(7)12(5)13(6)15(8)17(16)11(3)4;1-7-4-3-5-8(2)6-7;1-2-4-6-5-3-1;1-3-2/h10-11H,9H2,1-8H3;3-6H,1-2H3;1-6H;3H,1H2,2H3. The van der Waals surface area contributed by atoms with Gasteiger partial charge < -0.3 is 0 Å². The van der Waals surface area contributed by atoms with E-state index in [1.165, 1.54) is 39.8 Å². The summed E-state index contributed by atoms with van der Waals surface area (Å²) in [6, 6.07) is 20.4. The third-order valence-electron chi connectivity index (χ3n) is 5.90. The minimum atomic E-state index is 0.627. The largest absolute Gasteiger partial charge is 0.103 e. The maximum Gasteiger partial charge on any atom is -0.0213 e. The van der Waals surface area contributed by atoms with Crippen LogP contribution in [0.25, 0.3) is 0 Å². The summed E-state index contributed by atoms with van der Waals surface area (Å²) in [6.07, 6.45) is 2.96. The second-order valence-corrected chi connectivity index (χ2v) is 9.87. The lowest BCUT2D eigenvalue weighted by molar-refractivity contribution is 0.634. The molecule has 0 saturated carbocycles. The maximum absolute atomic E-state index is 3.36. The first-order valence-corrected chi connectivity index (χ1v) is 12.7. The molecule has 0 heterocycles. The molecule has 3 rings (SSSR count). The molecule has 0 aliphatic carbocycles. The van der Waals surface area contributed by atoms with E-state index in [9.17, 15) is 0 Å². The summed E-state index contributed by atoms with van der Waals surface area (Å²) in [5.41, 5.74) is 11.9. The van der Waals surface area contributed by atoms with Crippen LogP contribution in [-0.4, -0.2) is 0 Å². The number of allylic oxidation sites excluding steroid dienone is 1. The molecular weight excluding hydrogens is 408 g/mol. The zero-order valence-electron chi connectivity index (χ0n) is 23.9. The number of rotatable bonds is 3. The summed E-state index contributed by atoms with van der Waals surface area (Å²) in [4.78, 5) is 0. The first kappa shape index (κ1) is 31.4. The second kappa shape index (κ2) is 16.9. The van der Waals surface area contributed by atoms with Crippen LogP contribution in [0.3, 0.4) is 0 Å². The molecule has 0 bridgehead atoms. The van der Waals surface area contributed by atoms with Gasteiger partial charge in [-0.25, -0.2) is 0 Å². The third kappa shape index (κ3) is 11.5. The molecule has 0 fully saturated rings. The molecule has 0 saturated heterocycles. The summed E-state index contributed by atoms with van der Waals surface area (Å²) in [5, 5.41) is 0. The first-order valence-electron chi connectivity index (χ1n) is 12.7. The molecule has 3 aromatic carbocycles. The van der Waals surface area contributed by atoms with E-state index in [1.807, 2.05) is 43.3 Å². The van der Waals surface area contributed by atoms with Crippen LogP contribution < -0.4 is 0 Å². The van der Waals surface area contributed by atoms with Crippen LogP contribution in [0.2, 0.25) is 0 Å². The summed E-state index contributed by atoms with van der Waals surface area (Å²) < 4.78 is 0. The summed E-state index contributed by atoms with van der Waals surface area (Å²) >= 11 is 0. The predicted octanol–water partition coefficient (Wildman–Crippen LogP) is 10.4. The molecule has 0 atom stereocenters. The molecule has 34 heavy (non-hydrogen) atoms. The molecular formula is C34H50. The maximum atomic E-state index is 3.36. The minimum Gasteiger partial charge on any atom is -0.103 e. The van der Waals surface area contributed by atoms with Crippen molar-refractivity contribution in [1.29, 1.82) is 0 Å². The van der Waals surface area contributed by atoms with Crippen molar-refractivity contribution in [2.75, 3.05) is 0 Å². The average Bonchev–Trinajstić information content (AvgIpc) is 2.78. The van der Waals surface area contributed by atoms with Crippen molar-refractivity contribution in [3.8, 4) is 0 Å². The molecule has 0 heteroatoms. The highest BCUT2D eigenvalue weighted by molar-refractivity contribution is 5.51. The van der Waals surface area contributed by atoms with Gasteiger partial charge in [-0.1, -0.05) is 106 Å². The van der Waals surface area contributed by atoms with Crippen molar-refractivity contribution in [1.82, 2.24) is 0 Å². The van der Waals surface area contributed by atoms with Gasteiger partial charge in [-0.15, -0.1) is 6.58 Å². The Morgan fingerprint density at radius 2 is 1.03 bits per heavy atom. The van der Waals surface area contributed by atoms with Gasteiger partial charge in [0.2, 0.25) is 0 Å². The fraction of sp³-hybridized carbons (Fsp3) is 0.412. The van der Waals surface area contributed by atoms with Crippen molar-refractivity contribution in [3.63, 3.8) is 0 Å². The molecule has 3 aromatic rings. The predicted molar refractivity (Wildman–Crippen MR) is 156 cm³/mol. The molecule has 0 aromatic heterocycles. The molecule has 0 spiro atoms. The zero-order valence-corrected chi connectivity index (χ0v) is 23.9. The van der Waals surface area contributed by atoms with Gasteiger partial charge in [0.1, 0.15) is 0 Å². The van der Waals surface area contributed by atoms with Crippen LogP contribution in [0.4, 0.5) is 0 Å². The van der Waals surface area contributed by atoms with E-state index in [4.69, 9.17) is 0 Å². The number of hydrogen-bond donors (Lipinski definition) is 0. The van der Waals surface area contributed by atoms with E-state index in [0.717, 1.165) is 5.92 Å². The smallest absolute Gasteiger partial charge is 0.0213 e. The van der Waals surface area contributed by atoms with Gasteiger partial charge in [0.15, 0.2) is 0 Å².